The fourth-order valence-electron chi connectivity index (χ4n) is 5.53. The number of methoxy groups -OCH3 is 1. The van der Waals surface area contributed by atoms with E-state index in [1.54, 1.807) is 12.1 Å². The van der Waals surface area contributed by atoms with E-state index in [2.05, 4.69) is 16.5 Å². The number of carbonyl (C=O) groups excluding carboxylic acids is 2. The number of benzene rings is 1. The van der Waals surface area contributed by atoms with Crippen LogP contribution in [0.25, 0.3) is 21.6 Å². The van der Waals surface area contributed by atoms with Gasteiger partial charge in [-0.2, -0.15) is 13.2 Å². The lowest BCUT2D eigenvalue weighted by Crippen LogP contribution is -2.42. The Morgan fingerprint density at radius 3 is 2.60 bits per heavy atom. The number of carboxylic acid groups (broad SMARTS) is 1. The first-order valence-corrected chi connectivity index (χ1v) is 14.0. The highest BCUT2D eigenvalue weighted by Crippen LogP contribution is 2.57. The number of aromatic nitrogens is 2. The van der Waals surface area contributed by atoms with Crippen LogP contribution in [0.4, 0.5) is 13.2 Å². The highest BCUT2D eigenvalue weighted by Gasteiger charge is 2.61. The fraction of sp³-hybridized carbons (Fsp3) is 0.414. The Labute approximate surface area is 243 Å². The molecular weight excluding hydrogens is 575 g/mol. The summed E-state index contributed by atoms with van der Waals surface area (Å²) in [4.78, 5) is 47.5. The van der Waals surface area contributed by atoms with Gasteiger partial charge in [-0.3, -0.25) is 9.59 Å². The Morgan fingerprint density at radius 2 is 2.00 bits per heavy atom. The molecule has 2 aliphatic rings. The SMILES string of the molecule is C=C[C@@H]1C[C@]1(CC(=O)N1C[C@@H](Oc2cc(-c3nc(C(F)(F)F)cs3)nc3c(C)c(C)ccc23)C[C@H]1C(=O)O)C(=O)OC. The topological polar surface area (TPSA) is 119 Å². The van der Waals surface area contributed by atoms with Crippen molar-refractivity contribution in [2.45, 2.75) is 51.4 Å². The molecule has 4 atom stereocenters. The van der Waals surface area contributed by atoms with Crippen molar-refractivity contribution in [1.82, 2.24) is 14.9 Å². The predicted octanol–water partition coefficient (Wildman–Crippen LogP) is 5.18. The first-order chi connectivity index (χ1) is 19.8. The number of halogens is 3. The van der Waals surface area contributed by atoms with E-state index in [1.807, 2.05) is 19.9 Å². The van der Waals surface area contributed by atoms with Gasteiger partial charge in [-0.15, -0.1) is 17.9 Å². The lowest BCUT2D eigenvalue weighted by molar-refractivity contribution is -0.153. The van der Waals surface area contributed by atoms with Crippen molar-refractivity contribution in [2.24, 2.45) is 11.3 Å². The van der Waals surface area contributed by atoms with Crippen LogP contribution < -0.4 is 4.74 Å². The molecular formula is C29H28F3N3O6S. The number of aryl methyl sites for hydroxylation is 2. The van der Waals surface area contributed by atoms with E-state index in [9.17, 15) is 32.7 Å². The summed E-state index contributed by atoms with van der Waals surface area (Å²) in [5, 5.41) is 11.5. The number of alkyl halides is 3. The monoisotopic (exact) mass is 603 g/mol. The molecule has 1 N–H and O–H groups in total. The summed E-state index contributed by atoms with van der Waals surface area (Å²) < 4.78 is 50.9. The van der Waals surface area contributed by atoms with E-state index in [1.165, 1.54) is 18.1 Å². The number of carbonyl (C=O) groups is 3. The number of fused-ring (bicyclic) bond motifs is 1. The largest absolute Gasteiger partial charge is 0.488 e. The Balaban J connectivity index is 1.46. The van der Waals surface area contributed by atoms with Crippen molar-refractivity contribution < 1.29 is 42.1 Å². The zero-order chi connectivity index (χ0) is 30.6. The number of allylic oxidation sites excluding steroid dienone is 1. The van der Waals surface area contributed by atoms with Crippen LogP contribution in [0.3, 0.4) is 0 Å². The number of nitrogens with zero attached hydrogens (tertiary/aromatic N) is 3. The number of aliphatic carboxylic acids is 1. The van der Waals surface area contributed by atoms with Gasteiger partial charge in [0.2, 0.25) is 5.91 Å². The minimum absolute atomic E-state index is 0.0311. The van der Waals surface area contributed by atoms with E-state index >= 15 is 0 Å². The van der Waals surface area contributed by atoms with Crippen molar-refractivity contribution in [2.75, 3.05) is 13.7 Å². The van der Waals surface area contributed by atoms with Crippen LogP contribution in [-0.2, 0) is 25.3 Å². The average molecular weight is 604 g/mol. The van der Waals surface area contributed by atoms with E-state index in [0.717, 1.165) is 27.8 Å². The Kier molecular flexibility index (Phi) is 7.50. The predicted molar refractivity (Wildman–Crippen MR) is 147 cm³/mol. The lowest BCUT2D eigenvalue weighted by Gasteiger charge is -2.24. The molecule has 222 valence electrons. The van der Waals surface area contributed by atoms with E-state index in [0.29, 0.717) is 17.3 Å². The van der Waals surface area contributed by atoms with Gasteiger partial charge in [0, 0.05) is 29.7 Å². The highest BCUT2D eigenvalue weighted by molar-refractivity contribution is 7.13. The van der Waals surface area contributed by atoms with Crippen LogP contribution >= 0.6 is 11.3 Å². The summed E-state index contributed by atoms with van der Waals surface area (Å²) in [5.41, 5.74) is 0.306. The normalized spacial score (nSPS) is 23.6. The molecule has 0 unspecified atom stereocenters. The lowest BCUT2D eigenvalue weighted by atomic mass is 9.98. The highest BCUT2D eigenvalue weighted by atomic mass is 32.1. The van der Waals surface area contributed by atoms with E-state index < -0.39 is 47.3 Å². The van der Waals surface area contributed by atoms with Gasteiger partial charge in [-0.1, -0.05) is 12.1 Å². The molecule has 0 spiro atoms. The van der Waals surface area contributed by atoms with Crippen LogP contribution in [0.2, 0.25) is 0 Å². The molecule has 2 fully saturated rings. The van der Waals surface area contributed by atoms with Crippen molar-refractivity contribution in [3.05, 3.63) is 53.1 Å². The van der Waals surface area contributed by atoms with Gasteiger partial charge in [-0.25, -0.2) is 14.8 Å². The van der Waals surface area contributed by atoms with Crippen molar-refractivity contribution in [1.29, 1.82) is 0 Å². The summed E-state index contributed by atoms with van der Waals surface area (Å²) in [7, 11) is 1.24. The fourth-order valence-corrected chi connectivity index (χ4v) is 6.31. The second-order valence-electron chi connectivity index (χ2n) is 10.7. The summed E-state index contributed by atoms with van der Waals surface area (Å²) in [6.45, 7) is 7.36. The maximum Gasteiger partial charge on any atom is 0.434 e. The van der Waals surface area contributed by atoms with Gasteiger partial charge in [0.1, 0.15) is 28.6 Å². The van der Waals surface area contributed by atoms with Crippen molar-refractivity contribution in [3.8, 4) is 16.5 Å². The van der Waals surface area contributed by atoms with Gasteiger partial charge < -0.3 is 19.5 Å². The number of pyridine rings is 1. The number of rotatable bonds is 8. The van der Waals surface area contributed by atoms with Crippen LogP contribution in [0.1, 0.15) is 36.1 Å². The molecule has 9 nitrogen and oxygen atoms in total. The number of carboxylic acids is 1. The zero-order valence-electron chi connectivity index (χ0n) is 23.0. The maximum atomic E-state index is 13.4. The molecule has 13 heteroatoms. The van der Waals surface area contributed by atoms with E-state index in [4.69, 9.17) is 9.47 Å². The van der Waals surface area contributed by atoms with Crippen LogP contribution in [-0.4, -0.2) is 63.6 Å². The molecule has 3 aromatic rings. The average Bonchev–Trinajstić information content (AvgIpc) is 3.27. The van der Waals surface area contributed by atoms with Gasteiger partial charge in [0.05, 0.1) is 24.6 Å². The summed E-state index contributed by atoms with van der Waals surface area (Å²) >= 11 is 0.801. The molecule has 1 saturated carbocycles. The molecule has 3 heterocycles. The minimum atomic E-state index is -4.61. The summed E-state index contributed by atoms with van der Waals surface area (Å²) in [5.74, 6) is -2.24. The minimum Gasteiger partial charge on any atom is -0.488 e. The molecule has 1 amide bonds. The first kappa shape index (κ1) is 29.5. The second kappa shape index (κ2) is 10.7. The standard InChI is InChI=1S/C29H28F3N3O6S/c1-5-16-10-28(16,27(39)40-4)11-23(36)35-12-17(8-20(35)26(37)38)41-21-9-19(25-34-22(13-42-25)29(30,31)32)33-24-15(3)14(2)6-7-18(21)24/h5-7,9,13,16-17,20H,1,8,10-12H2,2-4H3,(H,37,38)/t16-,17+,20+,28-/m1/s1. The molecule has 1 aliphatic heterocycles. The molecule has 0 radical (unpaired) electrons. The summed E-state index contributed by atoms with van der Waals surface area (Å²) in [6, 6.07) is 3.94. The molecule has 2 aromatic heterocycles. The number of esters is 1. The van der Waals surface area contributed by atoms with Crippen LogP contribution in [0.5, 0.6) is 5.75 Å². The third-order valence-electron chi connectivity index (χ3n) is 8.12. The molecule has 1 aromatic carbocycles. The first-order valence-electron chi connectivity index (χ1n) is 13.1. The summed E-state index contributed by atoms with van der Waals surface area (Å²) in [6.07, 6.45) is -3.64. The molecule has 0 bridgehead atoms. The Bertz CT molecular complexity index is 1610. The third kappa shape index (κ3) is 5.21. The van der Waals surface area contributed by atoms with Gasteiger partial charge >= 0.3 is 18.1 Å². The van der Waals surface area contributed by atoms with Crippen molar-refractivity contribution >= 4 is 40.1 Å². The quantitative estimate of drug-likeness (QED) is 0.276. The van der Waals surface area contributed by atoms with Crippen molar-refractivity contribution in [3.63, 3.8) is 0 Å². The number of thiazole rings is 1. The third-order valence-corrected chi connectivity index (χ3v) is 8.98. The van der Waals surface area contributed by atoms with Gasteiger partial charge in [0.25, 0.3) is 0 Å². The van der Waals surface area contributed by atoms with Gasteiger partial charge in [-0.05, 0) is 43.4 Å². The van der Waals surface area contributed by atoms with Gasteiger partial charge in [0.15, 0.2) is 5.69 Å². The number of hydrogen-bond acceptors (Lipinski definition) is 8. The smallest absolute Gasteiger partial charge is 0.434 e. The van der Waals surface area contributed by atoms with Crippen LogP contribution in [0, 0.1) is 25.2 Å². The molecule has 5 rings (SSSR count). The number of ether oxygens (including phenoxy) is 2. The second-order valence-corrected chi connectivity index (χ2v) is 11.5. The van der Waals surface area contributed by atoms with E-state index in [-0.39, 0.29) is 41.8 Å². The number of likely N-dealkylation sites (tertiary alicyclic amines) is 1. The Hall–Kier alpha value is -4.00. The van der Waals surface area contributed by atoms with Crippen LogP contribution in [0.15, 0.2) is 36.2 Å². The molecule has 1 aliphatic carbocycles. The zero-order valence-corrected chi connectivity index (χ0v) is 23.8. The number of amides is 1. The Morgan fingerprint density at radius 1 is 1.26 bits per heavy atom. The molecule has 42 heavy (non-hydrogen) atoms. The molecule has 1 saturated heterocycles. The number of hydrogen-bond donors (Lipinski definition) is 1. The maximum absolute atomic E-state index is 13.4.